The van der Waals surface area contributed by atoms with Gasteiger partial charge in [-0.1, -0.05) is 11.6 Å². The van der Waals surface area contributed by atoms with E-state index in [0.717, 1.165) is 0 Å². The highest BCUT2D eigenvalue weighted by Crippen LogP contribution is 2.27. The first-order valence-electron chi connectivity index (χ1n) is 4.77. The van der Waals surface area contributed by atoms with Crippen molar-refractivity contribution in [2.75, 3.05) is 19.0 Å². The topological polar surface area (TPSA) is 96.9 Å². The third kappa shape index (κ3) is 4.48. The molecule has 98 valence electrons. The molecular formula is C10H11ClN2O5. The number of rotatable bonds is 5. The standard InChI is InChI=1S/C10H11ClN2O5/c1-17-8-3-2-6(11)4-7(8)12-10(16)13-18-5-9(14)15/h2-4H,5H2,1H3,(H,14,15)(H2,12,13,16). The molecule has 8 heteroatoms. The van der Waals surface area contributed by atoms with Gasteiger partial charge in [0.2, 0.25) is 0 Å². The van der Waals surface area contributed by atoms with Gasteiger partial charge in [-0.3, -0.25) is 4.84 Å². The lowest BCUT2D eigenvalue weighted by Crippen LogP contribution is -2.30. The van der Waals surface area contributed by atoms with Crippen LogP contribution < -0.4 is 15.5 Å². The van der Waals surface area contributed by atoms with Crippen LogP contribution >= 0.6 is 11.6 Å². The fourth-order valence-electron chi connectivity index (χ4n) is 1.09. The number of anilines is 1. The lowest BCUT2D eigenvalue weighted by atomic mass is 10.3. The number of halogens is 1. The summed E-state index contributed by atoms with van der Waals surface area (Å²) < 4.78 is 5.01. The van der Waals surface area contributed by atoms with Crippen LogP contribution in [0.5, 0.6) is 5.75 Å². The van der Waals surface area contributed by atoms with Crippen LogP contribution in [-0.2, 0) is 9.63 Å². The number of carboxylic acids is 1. The van der Waals surface area contributed by atoms with Crippen LogP contribution in [0.2, 0.25) is 5.02 Å². The maximum Gasteiger partial charge on any atom is 0.343 e. The van der Waals surface area contributed by atoms with E-state index in [2.05, 4.69) is 10.2 Å². The highest BCUT2D eigenvalue weighted by atomic mass is 35.5. The Morgan fingerprint density at radius 1 is 1.44 bits per heavy atom. The van der Waals surface area contributed by atoms with Gasteiger partial charge in [0.25, 0.3) is 0 Å². The molecule has 3 N–H and O–H groups in total. The Bertz CT molecular complexity index is 452. The Labute approximate surface area is 108 Å². The molecule has 0 radical (unpaired) electrons. The Morgan fingerprint density at radius 2 is 2.17 bits per heavy atom. The number of carboxylic acid groups (broad SMARTS) is 1. The fraction of sp³-hybridized carbons (Fsp3) is 0.200. The average Bonchev–Trinajstić information content (AvgIpc) is 2.28. The van der Waals surface area contributed by atoms with Crippen LogP contribution in [0.3, 0.4) is 0 Å². The van der Waals surface area contributed by atoms with Gasteiger partial charge in [-0.2, -0.15) is 0 Å². The zero-order valence-corrected chi connectivity index (χ0v) is 10.2. The molecule has 0 spiro atoms. The molecule has 0 heterocycles. The third-order valence-electron chi connectivity index (χ3n) is 1.77. The first-order chi connectivity index (χ1) is 8.52. The monoisotopic (exact) mass is 274 g/mol. The quantitative estimate of drug-likeness (QED) is 0.707. The molecule has 0 unspecified atom stereocenters. The zero-order chi connectivity index (χ0) is 13.5. The number of carbonyl (C=O) groups is 2. The van der Waals surface area contributed by atoms with Crippen LogP contribution in [0.25, 0.3) is 0 Å². The molecular weight excluding hydrogens is 264 g/mol. The number of nitrogens with one attached hydrogen (secondary N) is 2. The van der Waals surface area contributed by atoms with Crippen molar-refractivity contribution in [1.29, 1.82) is 0 Å². The Balaban J connectivity index is 2.58. The van der Waals surface area contributed by atoms with Gasteiger partial charge in [0.1, 0.15) is 5.75 Å². The summed E-state index contributed by atoms with van der Waals surface area (Å²) in [6.07, 6.45) is 0. The molecule has 0 aliphatic rings. The number of hydroxylamine groups is 1. The summed E-state index contributed by atoms with van der Waals surface area (Å²) in [5, 5.41) is 11.1. The van der Waals surface area contributed by atoms with Crippen molar-refractivity contribution in [3.8, 4) is 5.75 Å². The van der Waals surface area contributed by atoms with Crippen molar-refractivity contribution >= 4 is 29.3 Å². The fourth-order valence-corrected chi connectivity index (χ4v) is 1.26. The molecule has 0 saturated carbocycles. The molecule has 0 aliphatic carbocycles. The minimum atomic E-state index is -1.20. The van der Waals surface area contributed by atoms with Gasteiger partial charge in [0, 0.05) is 5.02 Å². The summed E-state index contributed by atoms with van der Waals surface area (Å²) in [5.74, 6) is -0.788. The smallest absolute Gasteiger partial charge is 0.343 e. The SMILES string of the molecule is COc1ccc(Cl)cc1NC(=O)NOCC(=O)O. The molecule has 2 amide bonds. The van der Waals surface area contributed by atoms with Gasteiger partial charge in [-0.25, -0.2) is 15.1 Å². The molecule has 0 aliphatic heterocycles. The Morgan fingerprint density at radius 3 is 2.78 bits per heavy atom. The van der Waals surface area contributed by atoms with Crippen LogP contribution in [0.15, 0.2) is 18.2 Å². The molecule has 0 bridgehead atoms. The van der Waals surface area contributed by atoms with Crippen molar-refractivity contribution in [3.05, 3.63) is 23.2 Å². The predicted octanol–water partition coefficient (Wildman–Crippen LogP) is 1.49. The normalized spacial score (nSPS) is 9.67. The predicted molar refractivity (Wildman–Crippen MR) is 63.7 cm³/mol. The van der Waals surface area contributed by atoms with Gasteiger partial charge in [-0.15, -0.1) is 0 Å². The van der Waals surface area contributed by atoms with E-state index in [1.165, 1.54) is 13.2 Å². The highest BCUT2D eigenvalue weighted by molar-refractivity contribution is 6.31. The van der Waals surface area contributed by atoms with E-state index >= 15 is 0 Å². The Kier molecular flexibility index (Phi) is 5.22. The summed E-state index contributed by atoms with van der Waals surface area (Å²) in [6, 6.07) is 3.93. The van der Waals surface area contributed by atoms with E-state index in [1.807, 2.05) is 5.48 Å². The van der Waals surface area contributed by atoms with Crippen LogP contribution in [0.4, 0.5) is 10.5 Å². The number of amides is 2. The van der Waals surface area contributed by atoms with Crippen molar-refractivity contribution < 1.29 is 24.3 Å². The second-order valence-corrected chi connectivity index (χ2v) is 3.52. The molecule has 0 saturated heterocycles. The lowest BCUT2D eigenvalue weighted by molar-refractivity contribution is -0.143. The van der Waals surface area contributed by atoms with Crippen molar-refractivity contribution in [2.45, 2.75) is 0 Å². The molecule has 1 aromatic carbocycles. The highest BCUT2D eigenvalue weighted by Gasteiger charge is 2.08. The van der Waals surface area contributed by atoms with Crippen molar-refractivity contribution in [1.82, 2.24) is 5.48 Å². The maximum absolute atomic E-state index is 11.3. The summed E-state index contributed by atoms with van der Waals surface area (Å²) in [7, 11) is 1.44. The number of hydrogen-bond acceptors (Lipinski definition) is 4. The first-order valence-corrected chi connectivity index (χ1v) is 5.15. The van der Waals surface area contributed by atoms with Crippen molar-refractivity contribution in [3.63, 3.8) is 0 Å². The van der Waals surface area contributed by atoms with Crippen LogP contribution in [0.1, 0.15) is 0 Å². The summed E-state index contributed by atoms with van der Waals surface area (Å²) in [5.41, 5.74) is 2.24. The van der Waals surface area contributed by atoms with Gasteiger partial charge in [0.05, 0.1) is 12.8 Å². The molecule has 0 fully saturated rings. The number of hydrogen-bond donors (Lipinski definition) is 3. The van der Waals surface area contributed by atoms with E-state index in [4.69, 9.17) is 21.4 Å². The number of ether oxygens (including phenoxy) is 1. The lowest BCUT2D eigenvalue weighted by Gasteiger charge is -2.10. The van der Waals surface area contributed by atoms with Crippen LogP contribution in [-0.4, -0.2) is 30.8 Å². The van der Waals surface area contributed by atoms with Gasteiger partial charge in [-0.05, 0) is 18.2 Å². The molecule has 18 heavy (non-hydrogen) atoms. The number of aliphatic carboxylic acids is 1. The van der Waals surface area contributed by atoms with E-state index in [0.29, 0.717) is 16.5 Å². The summed E-state index contributed by atoms with van der Waals surface area (Å²) in [4.78, 5) is 25.9. The molecule has 7 nitrogen and oxygen atoms in total. The van der Waals surface area contributed by atoms with Gasteiger partial charge in [0.15, 0.2) is 6.61 Å². The third-order valence-corrected chi connectivity index (χ3v) is 2.01. The minimum Gasteiger partial charge on any atom is -0.495 e. The number of methoxy groups -OCH3 is 1. The summed E-state index contributed by atoms with van der Waals surface area (Å²) >= 11 is 5.77. The van der Waals surface area contributed by atoms with E-state index in [9.17, 15) is 9.59 Å². The number of carbonyl (C=O) groups excluding carboxylic acids is 1. The Hall–Kier alpha value is -1.99. The van der Waals surface area contributed by atoms with Gasteiger partial charge >= 0.3 is 12.0 Å². The number of urea groups is 1. The molecule has 0 atom stereocenters. The van der Waals surface area contributed by atoms with E-state index in [1.54, 1.807) is 12.1 Å². The second kappa shape index (κ2) is 6.67. The van der Waals surface area contributed by atoms with Crippen LogP contribution in [0, 0.1) is 0 Å². The van der Waals surface area contributed by atoms with E-state index in [-0.39, 0.29) is 0 Å². The minimum absolute atomic E-state index is 0.335. The molecule has 1 aromatic rings. The zero-order valence-electron chi connectivity index (χ0n) is 9.40. The van der Waals surface area contributed by atoms with Gasteiger partial charge < -0.3 is 15.2 Å². The average molecular weight is 275 g/mol. The largest absolute Gasteiger partial charge is 0.495 e. The number of benzene rings is 1. The van der Waals surface area contributed by atoms with Crippen molar-refractivity contribution in [2.24, 2.45) is 0 Å². The molecule has 1 rings (SSSR count). The summed E-state index contributed by atoms with van der Waals surface area (Å²) in [6.45, 7) is -0.639. The van der Waals surface area contributed by atoms with E-state index < -0.39 is 18.6 Å². The maximum atomic E-state index is 11.3. The second-order valence-electron chi connectivity index (χ2n) is 3.08. The first kappa shape index (κ1) is 14.1. The molecule has 0 aromatic heterocycles.